The summed E-state index contributed by atoms with van der Waals surface area (Å²) in [4.78, 5) is 27.3. The molecular formula is C26H28N2O5S2. The average Bonchev–Trinajstić information content (AvgIpc) is 3.45. The van der Waals surface area contributed by atoms with Crippen LogP contribution in [0.4, 0.5) is 11.4 Å². The van der Waals surface area contributed by atoms with E-state index in [0.717, 1.165) is 41.1 Å². The van der Waals surface area contributed by atoms with Gasteiger partial charge in [-0.05, 0) is 60.6 Å². The van der Waals surface area contributed by atoms with Gasteiger partial charge in [0.05, 0.1) is 14.2 Å². The van der Waals surface area contributed by atoms with Crippen molar-refractivity contribution in [2.75, 3.05) is 31.9 Å². The van der Waals surface area contributed by atoms with Gasteiger partial charge in [-0.3, -0.25) is 14.5 Å². The van der Waals surface area contributed by atoms with Crippen molar-refractivity contribution < 1.29 is 24.2 Å². The first kappa shape index (κ1) is 25.1. The summed E-state index contributed by atoms with van der Waals surface area (Å²) in [6.07, 6.45) is 8.21. The summed E-state index contributed by atoms with van der Waals surface area (Å²) in [5.41, 5.74) is 4.37. The minimum Gasteiger partial charge on any atom is -0.493 e. The van der Waals surface area contributed by atoms with E-state index in [4.69, 9.17) is 26.8 Å². The average molecular weight is 513 g/mol. The van der Waals surface area contributed by atoms with Crippen LogP contribution < -0.4 is 14.4 Å². The normalized spacial score (nSPS) is 18.3. The maximum atomic E-state index is 12.7. The first-order chi connectivity index (χ1) is 16.9. The van der Waals surface area contributed by atoms with Crippen LogP contribution in [0.1, 0.15) is 36.3 Å². The zero-order valence-corrected chi connectivity index (χ0v) is 21.5. The van der Waals surface area contributed by atoms with Crippen molar-refractivity contribution in [1.82, 2.24) is 4.90 Å². The number of anilines is 2. The summed E-state index contributed by atoms with van der Waals surface area (Å²) < 4.78 is 11.2. The van der Waals surface area contributed by atoms with Crippen molar-refractivity contribution in [3.63, 3.8) is 0 Å². The molecule has 0 aromatic heterocycles. The van der Waals surface area contributed by atoms with E-state index in [2.05, 4.69) is 23.1 Å². The highest BCUT2D eigenvalue weighted by molar-refractivity contribution is 8.22. The molecule has 35 heavy (non-hydrogen) atoms. The molecule has 1 aliphatic heterocycles. The Morgan fingerprint density at radius 1 is 1.17 bits per heavy atom. The Hall–Kier alpha value is -3.04. The lowest BCUT2D eigenvalue weighted by Crippen LogP contribution is -2.37. The Bertz CT molecular complexity index is 1180. The number of benzene rings is 2. The van der Waals surface area contributed by atoms with E-state index in [1.54, 1.807) is 26.6 Å². The van der Waals surface area contributed by atoms with Crippen LogP contribution in [0, 0.1) is 0 Å². The molecule has 0 radical (unpaired) electrons. The number of hydrogen-bond donors (Lipinski definition) is 1. The molecule has 1 saturated carbocycles. The van der Waals surface area contributed by atoms with Crippen molar-refractivity contribution >= 4 is 57.6 Å². The third kappa shape index (κ3) is 5.01. The number of aliphatic carboxylic acids is 1. The molecule has 2 aromatic rings. The van der Waals surface area contributed by atoms with Crippen molar-refractivity contribution in [2.45, 2.75) is 31.2 Å². The Morgan fingerprint density at radius 3 is 2.63 bits per heavy atom. The van der Waals surface area contributed by atoms with Gasteiger partial charge >= 0.3 is 5.97 Å². The molecular weight excluding hydrogens is 484 g/mol. The molecule has 0 saturated heterocycles. The van der Waals surface area contributed by atoms with Crippen molar-refractivity contribution in [1.29, 1.82) is 0 Å². The number of carboxylic acid groups (broad SMARTS) is 1. The van der Waals surface area contributed by atoms with E-state index in [1.807, 2.05) is 18.2 Å². The molecule has 2 aliphatic rings. The van der Waals surface area contributed by atoms with Gasteiger partial charge in [-0.1, -0.05) is 36.5 Å². The molecule has 1 aliphatic carbocycles. The number of thioether (sulfide) groups is 1. The van der Waals surface area contributed by atoms with Crippen molar-refractivity contribution in [3.05, 3.63) is 53.6 Å². The van der Waals surface area contributed by atoms with Gasteiger partial charge in [0.15, 0.2) is 11.5 Å². The minimum absolute atomic E-state index is 0.232. The highest BCUT2D eigenvalue weighted by Gasteiger charge is 2.42. The number of nitrogens with zero attached hydrogens (tertiary/aromatic N) is 2. The summed E-state index contributed by atoms with van der Waals surface area (Å²) in [6.45, 7) is -0.461. The molecule has 4 rings (SSSR count). The summed E-state index contributed by atoms with van der Waals surface area (Å²) in [5.74, 6) is 0.248. The van der Waals surface area contributed by atoms with Gasteiger partial charge in [-0.25, -0.2) is 0 Å². The summed E-state index contributed by atoms with van der Waals surface area (Å²) >= 11 is 6.33. The van der Waals surface area contributed by atoms with E-state index < -0.39 is 18.4 Å². The molecule has 1 N–H and O–H groups in total. The van der Waals surface area contributed by atoms with Gasteiger partial charge in [0.2, 0.25) is 0 Å². The number of carboxylic acids is 1. The van der Waals surface area contributed by atoms with Gasteiger partial charge < -0.3 is 19.5 Å². The van der Waals surface area contributed by atoms with E-state index in [-0.39, 0.29) is 4.32 Å². The SMILES string of the molecule is COc1ccc(N2c3ccc(/C=C/C(=O)N(CC(=O)O)C(=S)SC)cc3C3CCCC32)cc1OC. The lowest BCUT2D eigenvalue weighted by Gasteiger charge is -2.27. The molecule has 1 amide bonds. The first-order valence-electron chi connectivity index (χ1n) is 11.3. The molecule has 1 fully saturated rings. The van der Waals surface area contributed by atoms with Crippen LogP contribution in [-0.4, -0.2) is 59.3 Å². The number of ether oxygens (including phenoxy) is 2. The fourth-order valence-corrected chi connectivity index (χ4v) is 5.55. The third-order valence-corrected chi connectivity index (χ3v) is 7.83. The smallest absolute Gasteiger partial charge is 0.323 e. The number of carbonyl (C=O) groups excluding carboxylic acids is 1. The monoisotopic (exact) mass is 512 g/mol. The number of rotatable bonds is 7. The lowest BCUT2D eigenvalue weighted by molar-refractivity contribution is -0.140. The van der Waals surface area contributed by atoms with Crippen LogP contribution in [0.25, 0.3) is 6.08 Å². The molecule has 9 heteroatoms. The van der Waals surface area contributed by atoms with Crippen LogP contribution in [-0.2, 0) is 9.59 Å². The Morgan fingerprint density at radius 2 is 1.94 bits per heavy atom. The van der Waals surface area contributed by atoms with Crippen LogP contribution in [0.2, 0.25) is 0 Å². The highest BCUT2D eigenvalue weighted by Crippen LogP contribution is 2.53. The third-order valence-electron chi connectivity index (χ3n) is 6.54. The maximum Gasteiger partial charge on any atom is 0.323 e. The first-order valence-corrected chi connectivity index (χ1v) is 13.0. The maximum absolute atomic E-state index is 12.7. The fraction of sp³-hybridized carbons (Fsp3) is 0.346. The number of hydrogen-bond acceptors (Lipinski definition) is 7. The second kappa shape index (κ2) is 10.7. The molecule has 0 bridgehead atoms. The quantitative estimate of drug-likeness (QED) is 0.407. The molecule has 1 heterocycles. The second-order valence-corrected chi connectivity index (χ2v) is 9.89. The van der Waals surface area contributed by atoms with E-state index in [1.165, 1.54) is 23.4 Å². The summed E-state index contributed by atoms with van der Waals surface area (Å²) in [7, 11) is 3.27. The molecule has 7 nitrogen and oxygen atoms in total. The molecule has 2 unspecified atom stereocenters. The van der Waals surface area contributed by atoms with Gasteiger partial charge in [0, 0.05) is 35.5 Å². The van der Waals surface area contributed by atoms with Crippen LogP contribution in [0.15, 0.2) is 42.5 Å². The van der Waals surface area contributed by atoms with Crippen LogP contribution >= 0.6 is 24.0 Å². The zero-order chi connectivity index (χ0) is 25.1. The molecule has 2 atom stereocenters. The Kier molecular flexibility index (Phi) is 7.66. The number of amides is 1. The number of fused-ring (bicyclic) bond motifs is 3. The molecule has 2 aromatic carbocycles. The van der Waals surface area contributed by atoms with Crippen LogP contribution in [0.5, 0.6) is 11.5 Å². The van der Waals surface area contributed by atoms with Gasteiger partial charge in [0.25, 0.3) is 5.91 Å². The second-order valence-electron chi connectivity index (χ2n) is 8.45. The Labute approximate surface area is 214 Å². The number of thiocarbonyl (C=S) groups is 1. The van der Waals surface area contributed by atoms with Crippen molar-refractivity contribution in [2.24, 2.45) is 0 Å². The Balaban J connectivity index is 1.63. The van der Waals surface area contributed by atoms with Crippen LogP contribution in [0.3, 0.4) is 0 Å². The van der Waals surface area contributed by atoms with Gasteiger partial charge in [-0.2, -0.15) is 0 Å². The predicted octanol–water partition coefficient (Wildman–Crippen LogP) is 5.07. The minimum atomic E-state index is -1.11. The summed E-state index contributed by atoms with van der Waals surface area (Å²) in [5, 5.41) is 9.13. The number of methoxy groups -OCH3 is 2. The van der Waals surface area contributed by atoms with E-state index in [9.17, 15) is 9.59 Å². The zero-order valence-electron chi connectivity index (χ0n) is 19.9. The largest absolute Gasteiger partial charge is 0.493 e. The van der Waals surface area contributed by atoms with Crippen molar-refractivity contribution in [3.8, 4) is 11.5 Å². The number of carbonyl (C=O) groups is 2. The summed E-state index contributed by atoms with van der Waals surface area (Å²) in [6, 6.07) is 12.6. The van der Waals surface area contributed by atoms with E-state index in [0.29, 0.717) is 23.5 Å². The van der Waals surface area contributed by atoms with E-state index >= 15 is 0 Å². The molecule has 184 valence electrons. The molecule has 0 spiro atoms. The van der Waals surface area contributed by atoms with Gasteiger partial charge in [-0.15, -0.1) is 0 Å². The standard InChI is InChI=1S/C26H28N2O5S2/c1-32-22-11-9-17(14-23(22)33-2)28-20-6-4-5-18(20)19-13-16(7-10-21(19)28)8-12-24(29)27(15-25(30)31)26(34)35-3/h7-14,18,20H,4-6,15H2,1-3H3,(H,30,31)/b12-8+. The van der Waals surface area contributed by atoms with Gasteiger partial charge in [0.1, 0.15) is 10.9 Å². The topological polar surface area (TPSA) is 79.3 Å². The lowest BCUT2D eigenvalue weighted by atomic mass is 9.96. The fourth-order valence-electron chi connectivity index (χ4n) is 5.02. The predicted molar refractivity (Wildman–Crippen MR) is 143 cm³/mol. The highest BCUT2D eigenvalue weighted by atomic mass is 32.2.